The van der Waals surface area contributed by atoms with Crippen molar-refractivity contribution in [3.63, 3.8) is 0 Å². The van der Waals surface area contributed by atoms with Gasteiger partial charge in [-0.1, -0.05) is 48.5 Å². The van der Waals surface area contributed by atoms with Gasteiger partial charge in [0.25, 0.3) is 5.91 Å². The third kappa shape index (κ3) is 3.99. The topological polar surface area (TPSA) is 114 Å². The first kappa shape index (κ1) is 19.9. The molecule has 2 aliphatic rings. The first-order valence-corrected chi connectivity index (χ1v) is 9.77. The maximum Gasteiger partial charge on any atom is 0.407 e. The molecule has 0 saturated carbocycles. The van der Waals surface area contributed by atoms with Crippen LogP contribution >= 0.6 is 0 Å². The number of alkyl carbamates (subject to hydrolysis) is 1. The Balaban J connectivity index is 1.37. The van der Waals surface area contributed by atoms with E-state index in [4.69, 9.17) is 14.6 Å². The molecule has 0 radical (unpaired) electrons. The molecule has 0 aromatic heterocycles. The van der Waals surface area contributed by atoms with Crippen LogP contribution in [0.4, 0.5) is 4.79 Å². The van der Waals surface area contributed by atoms with E-state index in [0.717, 1.165) is 22.3 Å². The van der Waals surface area contributed by atoms with E-state index in [-0.39, 0.29) is 12.5 Å². The summed E-state index contributed by atoms with van der Waals surface area (Å²) in [6.45, 7) is -0.0425. The molecule has 3 N–H and O–H groups in total. The van der Waals surface area contributed by atoms with Crippen molar-refractivity contribution in [2.24, 2.45) is 0 Å². The van der Waals surface area contributed by atoms with E-state index in [1.165, 1.54) is 0 Å². The van der Waals surface area contributed by atoms with Crippen LogP contribution in [0, 0.1) is 0 Å². The Kier molecular flexibility index (Phi) is 5.67. The van der Waals surface area contributed by atoms with Crippen molar-refractivity contribution in [3.05, 3.63) is 59.7 Å². The predicted molar refractivity (Wildman–Crippen MR) is 107 cm³/mol. The fourth-order valence-corrected chi connectivity index (χ4v) is 4.05. The average molecular weight is 410 g/mol. The summed E-state index contributed by atoms with van der Waals surface area (Å²) in [6, 6.07) is 15.5. The number of carboxylic acid groups (broad SMARTS) is 1. The summed E-state index contributed by atoms with van der Waals surface area (Å²) in [5, 5.41) is 13.6. The van der Waals surface area contributed by atoms with Gasteiger partial charge in [-0.05, 0) is 28.7 Å². The number of amides is 2. The zero-order valence-electron chi connectivity index (χ0n) is 16.2. The van der Waals surface area contributed by atoms with Crippen LogP contribution in [0.15, 0.2) is 48.5 Å². The molecule has 30 heavy (non-hydrogen) atoms. The third-order valence-corrected chi connectivity index (χ3v) is 5.41. The van der Waals surface area contributed by atoms with Gasteiger partial charge in [0.2, 0.25) is 0 Å². The minimum absolute atomic E-state index is 0.0577. The summed E-state index contributed by atoms with van der Waals surface area (Å²) >= 11 is 0. The number of benzene rings is 2. The van der Waals surface area contributed by atoms with Crippen LogP contribution in [-0.2, 0) is 19.1 Å². The molecule has 4 rings (SSSR count). The molecule has 0 bridgehead atoms. The number of carbonyl (C=O) groups is 3. The molecular formula is C22H22N2O6. The number of carbonyl (C=O) groups excluding carboxylic acids is 2. The lowest BCUT2D eigenvalue weighted by atomic mass is 9.98. The Hall–Kier alpha value is -3.39. The van der Waals surface area contributed by atoms with Crippen molar-refractivity contribution in [2.75, 3.05) is 19.8 Å². The number of carboxylic acids is 1. The molecule has 0 unspecified atom stereocenters. The molecule has 1 saturated heterocycles. The van der Waals surface area contributed by atoms with E-state index in [1.54, 1.807) is 0 Å². The molecule has 1 aliphatic carbocycles. The normalized spacial score (nSPS) is 19.6. The van der Waals surface area contributed by atoms with Crippen LogP contribution < -0.4 is 10.6 Å². The Bertz CT molecular complexity index is 930. The standard InChI is InChI=1S/C22H22N2O6/c25-19(26)11-23-21(27)20-18(9-10-29-20)24-22(28)30-12-17-15-7-3-1-5-13(15)14-6-2-4-8-16(14)17/h1-8,17-18,20H,9-12H2,(H,23,27)(H,24,28)(H,25,26)/t18-,20+/m1/s1. The number of hydrogen-bond donors (Lipinski definition) is 3. The number of hydrogen-bond acceptors (Lipinski definition) is 5. The second kappa shape index (κ2) is 8.54. The van der Waals surface area contributed by atoms with Crippen LogP contribution in [0.3, 0.4) is 0 Å². The third-order valence-electron chi connectivity index (χ3n) is 5.41. The van der Waals surface area contributed by atoms with Crippen LogP contribution in [0.2, 0.25) is 0 Å². The van der Waals surface area contributed by atoms with Gasteiger partial charge in [0.05, 0.1) is 6.04 Å². The van der Waals surface area contributed by atoms with E-state index >= 15 is 0 Å². The molecule has 8 nitrogen and oxygen atoms in total. The molecule has 156 valence electrons. The van der Waals surface area contributed by atoms with E-state index < -0.39 is 36.7 Å². The molecule has 2 aromatic carbocycles. The maximum absolute atomic E-state index is 12.4. The van der Waals surface area contributed by atoms with Crippen molar-refractivity contribution in [3.8, 4) is 11.1 Å². The Morgan fingerprint density at radius 3 is 2.30 bits per heavy atom. The number of rotatable bonds is 6. The molecule has 2 aromatic rings. The van der Waals surface area contributed by atoms with E-state index in [9.17, 15) is 14.4 Å². The summed E-state index contributed by atoms with van der Waals surface area (Å²) in [7, 11) is 0. The van der Waals surface area contributed by atoms with Gasteiger partial charge < -0.3 is 25.2 Å². The highest BCUT2D eigenvalue weighted by atomic mass is 16.6. The first-order chi connectivity index (χ1) is 14.5. The second-order valence-corrected chi connectivity index (χ2v) is 7.27. The second-order valence-electron chi connectivity index (χ2n) is 7.27. The number of fused-ring (bicyclic) bond motifs is 3. The van der Waals surface area contributed by atoms with E-state index in [2.05, 4.69) is 22.8 Å². The lowest BCUT2D eigenvalue weighted by Crippen LogP contribution is -2.49. The number of nitrogens with one attached hydrogen (secondary N) is 2. The number of aliphatic carboxylic acids is 1. The van der Waals surface area contributed by atoms with E-state index in [0.29, 0.717) is 13.0 Å². The fraction of sp³-hybridized carbons (Fsp3) is 0.318. The van der Waals surface area contributed by atoms with Crippen molar-refractivity contribution in [1.29, 1.82) is 0 Å². The zero-order valence-corrected chi connectivity index (χ0v) is 16.2. The van der Waals surface area contributed by atoms with Crippen LogP contribution in [-0.4, -0.2) is 55.0 Å². The highest BCUT2D eigenvalue weighted by molar-refractivity contribution is 5.86. The Morgan fingerprint density at radius 1 is 1.03 bits per heavy atom. The monoisotopic (exact) mass is 410 g/mol. The molecule has 0 spiro atoms. The molecule has 2 amide bonds. The van der Waals surface area contributed by atoms with Gasteiger partial charge in [0, 0.05) is 12.5 Å². The van der Waals surface area contributed by atoms with Gasteiger partial charge >= 0.3 is 12.1 Å². The minimum atomic E-state index is -1.15. The first-order valence-electron chi connectivity index (χ1n) is 9.77. The molecule has 1 heterocycles. The molecule has 2 atom stereocenters. The number of ether oxygens (including phenoxy) is 2. The SMILES string of the molecule is O=C(O)CNC(=O)[C@H]1OCC[C@H]1NC(=O)OCC1c2ccccc2-c2ccccc21. The average Bonchev–Trinajstić information content (AvgIpc) is 3.33. The van der Waals surface area contributed by atoms with Gasteiger partial charge in [0.1, 0.15) is 13.2 Å². The fourth-order valence-electron chi connectivity index (χ4n) is 4.05. The lowest BCUT2D eigenvalue weighted by molar-refractivity contribution is -0.140. The van der Waals surface area contributed by atoms with Crippen LogP contribution in [0.25, 0.3) is 11.1 Å². The summed E-state index contributed by atoms with van der Waals surface area (Å²) < 4.78 is 10.9. The highest BCUT2D eigenvalue weighted by Crippen LogP contribution is 2.44. The summed E-state index contributed by atoms with van der Waals surface area (Å²) in [5.41, 5.74) is 4.51. The molecular weight excluding hydrogens is 388 g/mol. The highest BCUT2D eigenvalue weighted by Gasteiger charge is 2.36. The predicted octanol–water partition coefficient (Wildman–Crippen LogP) is 1.88. The Morgan fingerprint density at radius 2 is 1.67 bits per heavy atom. The van der Waals surface area contributed by atoms with Gasteiger partial charge in [-0.15, -0.1) is 0 Å². The minimum Gasteiger partial charge on any atom is -0.480 e. The molecule has 8 heteroatoms. The zero-order chi connectivity index (χ0) is 21.1. The molecule has 1 aliphatic heterocycles. The van der Waals surface area contributed by atoms with Gasteiger partial charge in [-0.25, -0.2) is 4.79 Å². The summed E-state index contributed by atoms with van der Waals surface area (Å²) in [4.78, 5) is 35.1. The van der Waals surface area contributed by atoms with Crippen LogP contribution in [0.1, 0.15) is 23.5 Å². The van der Waals surface area contributed by atoms with Crippen molar-refractivity contribution in [2.45, 2.75) is 24.5 Å². The maximum atomic E-state index is 12.4. The quantitative estimate of drug-likeness (QED) is 0.670. The lowest BCUT2D eigenvalue weighted by Gasteiger charge is -2.20. The van der Waals surface area contributed by atoms with Crippen molar-refractivity contribution >= 4 is 18.0 Å². The van der Waals surface area contributed by atoms with Crippen molar-refractivity contribution in [1.82, 2.24) is 10.6 Å². The smallest absolute Gasteiger partial charge is 0.407 e. The molecule has 1 fully saturated rings. The van der Waals surface area contributed by atoms with Gasteiger partial charge in [0.15, 0.2) is 6.10 Å². The Labute approximate surface area is 173 Å². The summed E-state index contributed by atoms with van der Waals surface area (Å²) in [6.07, 6.45) is -1.14. The van der Waals surface area contributed by atoms with Crippen molar-refractivity contribution < 1.29 is 29.0 Å². The van der Waals surface area contributed by atoms with E-state index in [1.807, 2.05) is 36.4 Å². The van der Waals surface area contributed by atoms with Crippen LogP contribution in [0.5, 0.6) is 0 Å². The largest absolute Gasteiger partial charge is 0.480 e. The van der Waals surface area contributed by atoms with Gasteiger partial charge in [-0.2, -0.15) is 0 Å². The van der Waals surface area contributed by atoms with Gasteiger partial charge in [-0.3, -0.25) is 9.59 Å². The summed E-state index contributed by atoms with van der Waals surface area (Å²) in [5.74, 6) is -1.78.